The van der Waals surface area contributed by atoms with Crippen LogP contribution in [0.3, 0.4) is 0 Å². The smallest absolute Gasteiger partial charge is 0.128 e. The second-order valence-electron chi connectivity index (χ2n) is 4.06. The quantitative estimate of drug-likeness (QED) is 0.876. The minimum absolute atomic E-state index is 0.184. The van der Waals surface area contributed by atoms with E-state index in [-0.39, 0.29) is 5.82 Å². The summed E-state index contributed by atoms with van der Waals surface area (Å²) in [6, 6.07) is 6.78. The van der Waals surface area contributed by atoms with Crippen molar-refractivity contribution in [1.82, 2.24) is 15.1 Å². The van der Waals surface area contributed by atoms with Crippen molar-refractivity contribution in [2.24, 2.45) is 0 Å². The molecule has 0 spiro atoms. The molecule has 0 aliphatic carbocycles. The van der Waals surface area contributed by atoms with Crippen molar-refractivity contribution in [3.8, 4) is 0 Å². The van der Waals surface area contributed by atoms with Crippen molar-refractivity contribution in [2.45, 2.75) is 20.0 Å². The largest absolute Gasteiger partial charge is 0.316 e. The van der Waals surface area contributed by atoms with Gasteiger partial charge in [0.05, 0.1) is 12.2 Å². The highest BCUT2D eigenvalue weighted by atomic mass is 19.1. The number of nitrogens with one attached hydrogen (secondary N) is 1. The topological polar surface area (TPSA) is 29.9 Å². The number of aryl methyl sites for hydroxylation is 1. The van der Waals surface area contributed by atoms with Crippen LogP contribution in [0.2, 0.25) is 0 Å². The number of nitrogens with zero attached hydrogens (tertiary/aromatic N) is 2. The molecule has 0 amide bonds. The van der Waals surface area contributed by atoms with Crippen LogP contribution < -0.4 is 5.32 Å². The molecule has 0 fully saturated rings. The Morgan fingerprint density at radius 2 is 2.06 bits per heavy atom. The monoisotopic (exact) mass is 233 g/mol. The zero-order chi connectivity index (χ0) is 12.3. The summed E-state index contributed by atoms with van der Waals surface area (Å²) >= 11 is 0. The zero-order valence-corrected chi connectivity index (χ0v) is 10.1. The molecule has 0 aliphatic heterocycles. The van der Waals surface area contributed by atoms with Crippen molar-refractivity contribution < 1.29 is 4.39 Å². The lowest BCUT2D eigenvalue weighted by Crippen LogP contribution is -2.05. The van der Waals surface area contributed by atoms with Crippen molar-refractivity contribution >= 4 is 0 Å². The molecule has 0 bridgehead atoms. The van der Waals surface area contributed by atoms with Crippen molar-refractivity contribution in [2.75, 3.05) is 7.05 Å². The van der Waals surface area contributed by atoms with Gasteiger partial charge in [0.1, 0.15) is 5.82 Å². The predicted molar refractivity (Wildman–Crippen MR) is 65.2 cm³/mol. The van der Waals surface area contributed by atoms with Gasteiger partial charge in [-0.25, -0.2) is 4.39 Å². The van der Waals surface area contributed by atoms with Crippen LogP contribution in [0.25, 0.3) is 0 Å². The van der Waals surface area contributed by atoms with Crippen LogP contribution >= 0.6 is 0 Å². The highest BCUT2D eigenvalue weighted by Gasteiger charge is 2.06. The summed E-state index contributed by atoms with van der Waals surface area (Å²) < 4.78 is 15.3. The van der Waals surface area contributed by atoms with Gasteiger partial charge in [-0.05, 0) is 20.0 Å². The number of benzene rings is 1. The third kappa shape index (κ3) is 2.71. The highest BCUT2D eigenvalue weighted by Crippen LogP contribution is 2.11. The van der Waals surface area contributed by atoms with E-state index >= 15 is 0 Å². The van der Waals surface area contributed by atoms with E-state index in [1.807, 2.05) is 26.2 Å². The molecule has 3 nitrogen and oxygen atoms in total. The number of hydrogen-bond acceptors (Lipinski definition) is 2. The third-order valence-corrected chi connectivity index (χ3v) is 2.71. The van der Waals surface area contributed by atoms with Crippen LogP contribution in [0, 0.1) is 12.7 Å². The molecule has 0 radical (unpaired) electrons. The molecular formula is C13H16FN3. The molecule has 2 rings (SSSR count). The summed E-state index contributed by atoms with van der Waals surface area (Å²) in [6.45, 7) is 3.21. The van der Waals surface area contributed by atoms with E-state index in [2.05, 4.69) is 10.4 Å². The number of hydrogen-bond donors (Lipinski definition) is 1. The standard InChI is InChI=1S/C13H16FN3/c1-10-12(7-15-2)9-17(16-10)8-11-5-3-4-6-13(11)14/h3-6,9,15H,7-8H2,1-2H3. The normalized spacial score (nSPS) is 10.8. The first kappa shape index (κ1) is 11.8. The van der Waals surface area contributed by atoms with Crippen molar-refractivity contribution in [1.29, 1.82) is 0 Å². The Morgan fingerprint density at radius 3 is 2.76 bits per heavy atom. The summed E-state index contributed by atoms with van der Waals surface area (Å²) in [6.07, 6.45) is 1.96. The predicted octanol–water partition coefficient (Wildman–Crippen LogP) is 2.10. The van der Waals surface area contributed by atoms with Crippen molar-refractivity contribution in [3.05, 3.63) is 53.1 Å². The lowest BCUT2D eigenvalue weighted by molar-refractivity contribution is 0.584. The van der Waals surface area contributed by atoms with Gasteiger partial charge in [0.2, 0.25) is 0 Å². The summed E-state index contributed by atoms with van der Waals surface area (Å²) in [5.74, 6) is -0.184. The van der Waals surface area contributed by atoms with Crippen LogP contribution in [-0.4, -0.2) is 16.8 Å². The maximum Gasteiger partial charge on any atom is 0.128 e. The van der Waals surface area contributed by atoms with Gasteiger partial charge >= 0.3 is 0 Å². The fourth-order valence-corrected chi connectivity index (χ4v) is 1.81. The Bertz CT molecular complexity index is 505. The van der Waals surface area contributed by atoms with Crippen LogP contribution in [0.5, 0.6) is 0 Å². The average molecular weight is 233 g/mol. The van der Waals surface area contributed by atoms with Gasteiger partial charge in [-0.2, -0.15) is 5.10 Å². The number of rotatable bonds is 4. The minimum Gasteiger partial charge on any atom is -0.316 e. The first-order chi connectivity index (χ1) is 8.20. The van der Waals surface area contributed by atoms with Gasteiger partial charge in [0, 0.05) is 23.9 Å². The van der Waals surface area contributed by atoms with Crippen LogP contribution in [0.1, 0.15) is 16.8 Å². The van der Waals surface area contributed by atoms with Gasteiger partial charge < -0.3 is 5.32 Å². The SMILES string of the molecule is CNCc1cn(Cc2ccccc2F)nc1C. The zero-order valence-electron chi connectivity index (χ0n) is 10.1. The summed E-state index contributed by atoms with van der Waals surface area (Å²) in [5, 5.41) is 7.46. The molecule has 0 saturated carbocycles. The average Bonchev–Trinajstić information content (AvgIpc) is 2.63. The molecule has 17 heavy (non-hydrogen) atoms. The van der Waals surface area contributed by atoms with E-state index in [0.717, 1.165) is 17.8 Å². The lowest BCUT2D eigenvalue weighted by Gasteiger charge is -2.02. The maximum absolute atomic E-state index is 13.5. The van der Waals surface area contributed by atoms with E-state index in [4.69, 9.17) is 0 Å². The Balaban J connectivity index is 2.19. The molecule has 2 aromatic rings. The van der Waals surface area contributed by atoms with Crippen LogP contribution in [0.15, 0.2) is 30.5 Å². The fraction of sp³-hybridized carbons (Fsp3) is 0.308. The minimum atomic E-state index is -0.184. The maximum atomic E-state index is 13.5. The number of aromatic nitrogens is 2. The fourth-order valence-electron chi connectivity index (χ4n) is 1.81. The van der Waals surface area contributed by atoms with Gasteiger partial charge in [-0.1, -0.05) is 18.2 Å². The molecule has 1 heterocycles. The Morgan fingerprint density at radius 1 is 1.29 bits per heavy atom. The second kappa shape index (κ2) is 5.10. The summed E-state index contributed by atoms with van der Waals surface area (Å²) in [7, 11) is 1.90. The summed E-state index contributed by atoms with van der Waals surface area (Å²) in [4.78, 5) is 0. The first-order valence-electron chi connectivity index (χ1n) is 5.61. The van der Waals surface area contributed by atoms with Crippen LogP contribution in [-0.2, 0) is 13.1 Å². The van der Waals surface area contributed by atoms with Gasteiger partial charge in [0.25, 0.3) is 0 Å². The molecule has 0 aliphatic rings. The Kier molecular flexibility index (Phi) is 3.54. The van der Waals surface area contributed by atoms with E-state index < -0.39 is 0 Å². The molecule has 4 heteroatoms. The number of halogens is 1. The summed E-state index contributed by atoms with van der Waals surface area (Å²) in [5.41, 5.74) is 2.78. The van der Waals surface area contributed by atoms with E-state index in [9.17, 15) is 4.39 Å². The molecule has 1 aromatic carbocycles. The van der Waals surface area contributed by atoms with E-state index in [1.165, 1.54) is 6.07 Å². The molecular weight excluding hydrogens is 217 g/mol. The van der Waals surface area contributed by atoms with Crippen LogP contribution in [0.4, 0.5) is 4.39 Å². The van der Waals surface area contributed by atoms with E-state index in [1.54, 1.807) is 16.8 Å². The third-order valence-electron chi connectivity index (χ3n) is 2.71. The second-order valence-corrected chi connectivity index (χ2v) is 4.06. The van der Waals surface area contributed by atoms with Gasteiger partial charge in [-0.3, -0.25) is 4.68 Å². The molecule has 90 valence electrons. The lowest BCUT2D eigenvalue weighted by atomic mass is 10.2. The van der Waals surface area contributed by atoms with Gasteiger partial charge in [-0.15, -0.1) is 0 Å². The molecule has 0 unspecified atom stereocenters. The molecule has 0 saturated heterocycles. The molecule has 0 atom stereocenters. The Labute approximate surface area is 100 Å². The first-order valence-corrected chi connectivity index (χ1v) is 5.61. The van der Waals surface area contributed by atoms with E-state index in [0.29, 0.717) is 12.1 Å². The molecule has 1 aromatic heterocycles. The molecule has 1 N–H and O–H groups in total. The Hall–Kier alpha value is -1.68. The van der Waals surface area contributed by atoms with Crippen molar-refractivity contribution in [3.63, 3.8) is 0 Å². The highest BCUT2D eigenvalue weighted by molar-refractivity contribution is 5.20. The van der Waals surface area contributed by atoms with Gasteiger partial charge in [0.15, 0.2) is 0 Å².